The highest BCUT2D eigenvalue weighted by Gasteiger charge is 2.29. The number of carbonyl (C=O) groups is 1. The molecule has 0 unspecified atom stereocenters. The van der Waals surface area contributed by atoms with Gasteiger partial charge in [-0.25, -0.2) is 22.9 Å². The number of morpholine rings is 1. The van der Waals surface area contributed by atoms with Crippen LogP contribution in [0.2, 0.25) is 0 Å². The molecule has 2 heterocycles. The van der Waals surface area contributed by atoms with Crippen molar-refractivity contribution in [3.8, 4) is 21.7 Å². The molecule has 0 saturated carbocycles. The van der Waals surface area contributed by atoms with Crippen molar-refractivity contribution in [3.05, 3.63) is 59.4 Å². The molecule has 0 bridgehead atoms. The van der Waals surface area contributed by atoms with Gasteiger partial charge < -0.3 is 9.64 Å². The van der Waals surface area contributed by atoms with Gasteiger partial charge in [-0.05, 0) is 55.8 Å². The molecule has 0 aliphatic carbocycles. The summed E-state index contributed by atoms with van der Waals surface area (Å²) < 4.78 is 42.4. The van der Waals surface area contributed by atoms with Crippen LogP contribution < -0.4 is 5.14 Å². The van der Waals surface area contributed by atoms with Gasteiger partial charge in [0.2, 0.25) is 10.0 Å². The van der Waals surface area contributed by atoms with Gasteiger partial charge in [-0.2, -0.15) is 0 Å². The molecule has 2 aromatic carbocycles. The Bertz CT molecular complexity index is 1230. The predicted molar refractivity (Wildman–Crippen MR) is 120 cm³/mol. The summed E-state index contributed by atoms with van der Waals surface area (Å²) in [6.45, 7) is 4.76. The van der Waals surface area contributed by atoms with Crippen LogP contribution in [0.3, 0.4) is 0 Å². The highest BCUT2D eigenvalue weighted by Crippen LogP contribution is 2.38. The summed E-state index contributed by atoms with van der Waals surface area (Å²) in [6, 6.07) is 11.9. The fourth-order valence-corrected chi connectivity index (χ4v) is 5.26. The van der Waals surface area contributed by atoms with Crippen molar-refractivity contribution < 1.29 is 22.3 Å². The molecule has 2 N–H and O–H groups in total. The second kappa shape index (κ2) is 8.70. The molecule has 1 aromatic heterocycles. The number of benzene rings is 2. The Morgan fingerprint density at radius 1 is 1.06 bits per heavy atom. The molecule has 0 radical (unpaired) electrons. The van der Waals surface area contributed by atoms with Crippen LogP contribution in [0.15, 0.2) is 53.4 Å². The third-order valence-corrected chi connectivity index (χ3v) is 7.10. The van der Waals surface area contributed by atoms with Gasteiger partial charge in [-0.1, -0.05) is 12.1 Å². The highest BCUT2D eigenvalue weighted by atomic mass is 32.2. The van der Waals surface area contributed by atoms with E-state index in [2.05, 4.69) is 4.98 Å². The molecular formula is C22H22FN3O4S2. The lowest BCUT2D eigenvalue weighted by Crippen LogP contribution is -2.48. The molecule has 0 spiro atoms. The number of hydrogen-bond acceptors (Lipinski definition) is 6. The van der Waals surface area contributed by atoms with Crippen LogP contribution in [-0.4, -0.2) is 49.5 Å². The first-order valence-corrected chi connectivity index (χ1v) is 12.3. The van der Waals surface area contributed by atoms with E-state index in [0.717, 1.165) is 0 Å². The van der Waals surface area contributed by atoms with Gasteiger partial charge in [0.05, 0.1) is 27.7 Å². The Labute approximate surface area is 189 Å². The summed E-state index contributed by atoms with van der Waals surface area (Å²) in [5.74, 6) is -0.580. The average molecular weight is 476 g/mol. The van der Waals surface area contributed by atoms with Gasteiger partial charge >= 0.3 is 0 Å². The van der Waals surface area contributed by atoms with Crippen LogP contribution in [0.5, 0.6) is 0 Å². The predicted octanol–water partition coefficient (Wildman–Crippen LogP) is 3.51. The first-order chi connectivity index (χ1) is 15.1. The Kier molecular flexibility index (Phi) is 6.13. The van der Waals surface area contributed by atoms with Gasteiger partial charge in [0.25, 0.3) is 5.91 Å². The van der Waals surface area contributed by atoms with Gasteiger partial charge in [0, 0.05) is 18.7 Å². The summed E-state index contributed by atoms with van der Waals surface area (Å²) in [4.78, 5) is 20.2. The maximum Gasteiger partial charge on any atom is 0.283 e. The minimum absolute atomic E-state index is 0.0123. The molecule has 1 aliphatic rings. The lowest BCUT2D eigenvalue weighted by molar-refractivity contribution is -0.0586. The zero-order valence-electron chi connectivity index (χ0n) is 17.5. The van der Waals surface area contributed by atoms with E-state index in [0.29, 0.717) is 39.8 Å². The van der Waals surface area contributed by atoms with Crippen molar-refractivity contribution >= 4 is 27.3 Å². The molecule has 3 aromatic rings. The van der Waals surface area contributed by atoms with Gasteiger partial charge in [-0.3, -0.25) is 4.79 Å². The van der Waals surface area contributed by atoms with Gasteiger partial charge in [0.1, 0.15) is 5.82 Å². The van der Waals surface area contributed by atoms with E-state index in [1.807, 2.05) is 13.8 Å². The first kappa shape index (κ1) is 22.5. The number of amides is 1. The van der Waals surface area contributed by atoms with Crippen molar-refractivity contribution in [1.29, 1.82) is 0 Å². The smallest absolute Gasteiger partial charge is 0.283 e. The largest absolute Gasteiger partial charge is 0.372 e. The molecule has 1 fully saturated rings. The number of thiazole rings is 1. The Balaban J connectivity index is 1.77. The monoisotopic (exact) mass is 475 g/mol. The molecule has 1 aliphatic heterocycles. The topological polar surface area (TPSA) is 103 Å². The summed E-state index contributed by atoms with van der Waals surface area (Å²) in [7, 11) is -3.83. The molecule has 1 amide bonds. The summed E-state index contributed by atoms with van der Waals surface area (Å²) in [6.07, 6.45) is -0.158. The number of rotatable bonds is 4. The number of primary sulfonamides is 1. The summed E-state index contributed by atoms with van der Waals surface area (Å²) >= 11 is 1.21. The zero-order chi connectivity index (χ0) is 23.0. The first-order valence-electron chi connectivity index (χ1n) is 9.96. The van der Waals surface area contributed by atoms with E-state index in [1.54, 1.807) is 29.2 Å². The Morgan fingerprint density at radius 3 is 2.19 bits per heavy atom. The lowest BCUT2D eigenvalue weighted by atomic mass is 10.1. The molecule has 32 heavy (non-hydrogen) atoms. The molecule has 168 valence electrons. The maximum absolute atomic E-state index is 13.5. The van der Waals surface area contributed by atoms with Gasteiger partial charge in [0.15, 0.2) is 5.01 Å². The number of nitrogens with two attached hydrogens (primary N) is 1. The third-order valence-electron chi connectivity index (χ3n) is 5.08. The second-order valence-electron chi connectivity index (χ2n) is 7.74. The second-order valence-corrected chi connectivity index (χ2v) is 10.3. The number of nitrogens with zero attached hydrogens (tertiary/aromatic N) is 2. The van der Waals surface area contributed by atoms with E-state index < -0.39 is 10.0 Å². The van der Waals surface area contributed by atoms with E-state index in [4.69, 9.17) is 9.88 Å². The van der Waals surface area contributed by atoms with Crippen LogP contribution in [0.1, 0.15) is 23.6 Å². The number of halogens is 1. The lowest BCUT2D eigenvalue weighted by Gasteiger charge is -2.34. The normalized spacial score (nSPS) is 19.2. The van der Waals surface area contributed by atoms with Gasteiger partial charge in [-0.15, -0.1) is 11.3 Å². The average Bonchev–Trinajstić information content (AvgIpc) is 3.18. The number of sulfonamides is 1. The van der Waals surface area contributed by atoms with E-state index in [-0.39, 0.29) is 28.8 Å². The maximum atomic E-state index is 13.5. The fourth-order valence-electron chi connectivity index (χ4n) is 3.69. The van der Waals surface area contributed by atoms with Crippen LogP contribution in [0.4, 0.5) is 4.39 Å². The molecule has 7 nitrogen and oxygen atoms in total. The van der Waals surface area contributed by atoms with E-state index in [9.17, 15) is 17.6 Å². The Hall–Kier alpha value is -2.66. The SMILES string of the molecule is C[C@@H]1CN(C(=O)c2nc(-c3ccc(F)cc3)c(-c3ccc(S(N)(=O)=O)cc3)s2)C[C@H](C)O1. The highest BCUT2D eigenvalue weighted by molar-refractivity contribution is 7.89. The minimum Gasteiger partial charge on any atom is -0.372 e. The van der Waals surface area contributed by atoms with Crippen LogP contribution in [-0.2, 0) is 14.8 Å². The van der Waals surface area contributed by atoms with Crippen molar-refractivity contribution in [2.45, 2.75) is 31.0 Å². The number of hydrogen-bond donors (Lipinski definition) is 1. The molecule has 4 rings (SSSR count). The molecule has 2 atom stereocenters. The third kappa shape index (κ3) is 4.73. The van der Waals surface area contributed by atoms with Crippen molar-refractivity contribution in [2.24, 2.45) is 5.14 Å². The minimum atomic E-state index is -3.83. The number of aromatic nitrogens is 1. The standard InChI is InChI=1S/C22H22FN3O4S2/c1-13-11-26(12-14(2)30-13)22(27)21-25-19(15-3-7-17(23)8-4-15)20(31-21)16-5-9-18(10-6-16)32(24,28)29/h3-10,13-14H,11-12H2,1-2H3,(H2,24,28,29)/t13-,14+. The van der Waals surface area contributed by atoms with Crippen molar-refractivity contribution in [2.75, 3.05) is 13.1 Å². The van der Waals surface area contributed by atoms with Crippen LogP contribution in [0.25, 0.3) is 21.7 Å². The summed E-state index contributed by atoms with van der Waals surface area (Å²) in [5.41, 5.74) is 1.85. The van der Waals surface area contributed by atoms with Crippen LogP contribution in [0, 0.1) is 5.82 Å². The van der Waals surface area contributed by atoms with Crippen molar-refractivity contribution in [1.82, 2.24) is 9.88 Å². The molecule has 10 heteroatoms. The number of carbonyl (C=O) groups excluding carboxylic acids is 1. The fraction of sp³-hybridized carbons (Fsp3) is 0.273. The summed E-state index contributed by atoms with van der Waals surface area (Å²) in [5, 5.41) is 5.50. The van der Waals surface area contributed by atoms with Crippen molar-refractivity contribution in [3.63, 3.8) is 0 Å². The molecular weight excluding hydrogens is 453 g/mol. The van der Waals surface area contributed by atoms with Crippen LogP contribution >= 0.6 is 11.3 Å². The number of ether oxygens (including phenoxy) is 1. The Morgan fingerprint density at radius 2 is 1.62 bits per heavy atom. The van der Waals surface area contributed by atoms with E-state index in [1.165, 1.54) is 35.6 Å². The van der Waals surface area contributed by atoms with E-state index >= 15 is 0 Å². The zero-order valence-corrected chi connectivity index (χ0v) is 19.1. The molecule has 1 saturated heterocycles. The quantitative estimate of drug-likeness (QED) is 0.622.